The Bertz CT molecular complexity index is 1010. The molecule has 0 aliphatic rings. The number of nitrogens with one attached hydrogen (secondary N) is 2. The van der Waals surface area contributed by atoms with Crippen LogP contribution in [0.15, 0.2) is 40.7 Å². The first-order valence-corrected chi connectivity index (χ1v) is 10.0. The zero-order valence-corrected chi connectivity index (χ0v) is 18.7. The molecule has 12 nitrogen and oxygen atoms in total. The second-order valence-electron chi connectivity index (χ2n) is 6.67. The van der Waals surface area contributed by atoms with Gasteiger partial charge in [0.25, 0.3) is 0 Å². The first-order chi connectivity index (χ1) is 15.7. The summed E-state index contributed by atoms with van der Waals surface area (Å²) in [5.74, 6) is -2.92. The molecule has 0 radical (unpaired) electrons. The fourth-order valence-electron chi connectivity index (χ4n) is 2.84. The summed E-state index contributed by atoms with van der Waals surface area (Å²) in [7, 11) is 1.29. The van der Waals surface area contributed by atoms with Crippen LogP contribution in [0.1, 0.15) is 36.8 Å². The molecule has 2 aromatic rings. The highest BCUT2D eigenvalue weighted by atomic mass is 16.6. The number of amides is 1. The number of aromatic amines is 1. The van der Waals surface area contributed by atoms with Crippen molar-refractivity contribution in [2.24, 2.45) is 10.2 Å². The Labute approximate surface area is 189 Å². The number of aromatic nitrogens is 2. The standard InChI is InChI=1S/C21H25N5O7/c1-5-32-18(29)21(24-13(3)27,19(30)33-6-2)11-16-12-22-20(23-16)26-25-15-9-7-14(8-10-15)17(28)31-4/h7-10,12H,5-6,11H2,1-4H3,(H,22,23)(H,24,27). The first kappa shape index (κ1) is 25.2. The maximum absolute atomic E-state index is 12.7. The molecule has 1 heterocycles. The summed E-state index contributed by atoms with van der Waals surface area (Å²) in [6, 6.07) is 6.22. The minimum absolute atomic E-state index is 0.00319. The third-order valence-corrected chi connectivity index (χ3v) is 4.26. The molecule has 0 bridgehead atoms. The number of rotatable bonds is 10. The highest BCUT2D eigenvalue weighted by Gasteiger charge is 2.50. The third kappa shape index (κ3) is 6.45. The van der Waals surface area contributed by atoms with Crippen LogP contribution in [0.4, 0.5) is 11.6 Å². The molecular formula is C21H25N5O7. The number of H-pyrrole nitrogens is 1. The van der Waals surface area contributed by atoms with E-state index in [1.54, 1.807) is 26.0 Å². The molecule has 0 unspecified atom stereocenters. The molecule has 0 fully saturated rings. The first-order valence-electron chi connectivity index (χ1n) is 10.0. The van der Waals surface area contributed by atoms with Crippen molar-refractivity contribution in [3.8, 4) is 0 Å². The molecule has 0 aliphatic carbocycles. The van der Waals surface area contributed by atoms with E-state index in [0.717, 1.165) is 0 Å². The van der Waals surface area contributed by atoms with Gasteiger partial charge in [0.15, 0.2) is 0 Å². The van der Waals surface area contributed by atoms with Gasteiger partial charge in [-0.25, -0.2) is 19.4 Å². The van der Waals surface area contributed by atoms with E-state index in [-0.39, 0.29) is 25.6 Å². The summed E-state index contributed by atoms with van der Waals surface area (Å²) < 4.78 is 14.7. The molecule has 0 saturated heterocycles. The van der Waals surface area contributed by atoms with Crippen LogP contribution in [0.3, 0.4) is 0 Å². The maximum atomic E-state index is 12.7. The summed E-state index contributed by atoms with van der Waals surface area (Å²) >= 11 is 0. The molecule has 1 aromatic heterocycles. The minimum atomic E-state index is -2.09. The molecule has 33 heavy (non-hydrogen) atoms. The number of nitrogens with zero attached hydrogens (tertiary/aromatic N) is 3. The summed E-state index contributed by atoms with van der Waals surface area (Å²) in [6.07, 6.45) is 1.05. The second kappa shape index (κ2) is 11.5. The van der Waals surface area contributed by atoms with Gasteiger partial charge in [0.2, 0.25) is 17.4 Å². The van der Waals surface area contributed by atoms with Crippen molar-refractivity contribution in [3.05, 3.63) is 41.7 Å². The molecule has 0 spiro atoms. The van der Waals surface area contributed by atoms with E-state index in [0.29, 0.717) is 16.9 Å². The Morgan fingerprint density at radius 1 is 1.03 bits per heavy atom. The predicted octanol–water partition coefficient (Wildman–Crippen LogP) is 2.16. The van der Waals surface area contributed by atoms with Crippen LogP contribution in [-0.4, -0.2) is 59.6 Å². The number of imidazole rings is 1. The highest BCUT2D eigenvalue weighted by Crippen LogP contribution is 2.21. The highest BCUT2D eigenvalue weighted by molar-refractivity contribution is 6.08. The maximum Gasteiger partial charge on any atom is 0.344 e. The summed E-state index contributed by atoms with van der Waals surface area (Å²) in [5.41, 5.74) is -0.974. The quantitative estimate of drug-likeness (QED) is 0.236. The lowest BCUT2D eigenvalue weighted by Gasteiger charge is -2.29. The molecule has 12 heteroatoms. The lowest BCUT2D eigenvalue weighted by atomic mass is 9.93. The minimum Gasteiger partial charge on any atom is -0.465 e. The van der Waals surface area contributed by atoms with Crippen LogP contribution in [0, 0.1) is 0 Å². The van der Waals surface area contributed by atoms with E-state index in [1.165, 1.54) is 32.4 Å². The SMILES string of the molecule is CCOC(=O)C(Cc1cnc(N=Nc2ccc(C(=O)OC)cc2)[nH]1)(NC(C)=O)C(=O)OCC. The van der Waals surface area contributed by atoms with Gasteiger partial charge in [-0.15, -0.1) is 10.2 Å². The molecule has 2 rings (SSSR count). The van der Waals surface area contributed by atoms with E-state index in [2.05, 4.69) is 30.3 Å². The topological polar surface area (TPSA) is 161 Å². The predicted molar refractivity (Wildman–Crippen MR) is 114 cm³/mol. The van der Waals surface area contributed by atoms with Crippen molar-refractivity contribution in [2.45, 2.75) is 32.7 Å². The lowest BCUT2D eigenvalue weighted by Crippen LogP contribution is -2.62. The third-order valence-electron chi connectivity index (χ3n) is 4.26. The normalized spacial score (nSPS) is 11.2. The number of hydrogen-bond donors (Lipinski definition) is 2. The molecule has 1 aromatic carbocycles. The van der Waals surface area contributed by atoms with Gasteiger partial charge in [0, 0.05) is 19.0 Å². The second-order valence-corrected chi connectivity index (χ2v) is 6.67. The van der Waals surface area contributed by atoms with E-state index >= 15 is 0 Å². The average Bonchev–Trinajstić information content (AvgIpc) is 3.24. The van der Waals surface area contributed by atoms with Gasteiger partial charge in [-0.1, -0.05) is 0 Å². The van der Waals surface area contributed by atoms with Crippen LogP contribution >= 0.6 is 0 Å². The van der Waals surface area contributed by atoms with Crippen molar-refractivity contribution in [1.82, 2.24) is 15.3 Å². The van der Waals surface area contributed by atoms with E-state index < -0.39 is 29.4 Å². The Hall–Kier alpha value is -4.09. The van der Waals surface area contributed by atoms with Crippen molar-refractivity contribution in [1.29, 1.82) is 0 Å². The number of methoxy groups -OCH3 is 1. The Morgan fingerprint density at radius 2 is 1.64 bits per heavy atom. The van der Waals surface area contributed by atoms with Crippen LogP contribution in [0.25, 0.3) is 0 Å². The van der Waals surface area contributed by atoms with E-state index in [4.69, 9.17) is 9.47 Å². The van der Waals surface area contributed by atoms with Crippen LogP contribution < -0.4 is 5.32 Å². The van der Waals surface area contributed by atoms with Gasteiger partial charge in [-0.05, 0) is 38.1 Å². The van der Waals surface area contributed by atoms with Crippen LogP contribution in [0.5, 0.6) is 0 Å². The smallest absolute Gasteiger partial charge is 0.344 e. The van der Waals surface area contributed by atoms with Gasteiger partial charge in [0.05, 0.1) is 37.8 Å². The number of hydrogen-bond acceptors (Lipinski definition) is 10. The molecule has 0 aliphatic heterocycles. The number of esters is 3. The monoisotopic (exact) mass is 459 g/mol. The van der Waals surface area contributed by atoms with Crippen LogP contribution in [0.2, 0.25) is 0 Å². The van der Waals surface area contributed by atoms with Gasteiger partial charge in [-0.3, -0.25) is 4.79 Å². The molecule has 0 atom stereocenters. The zero-order valence-electron chi connectivity index (χ0n) is 18.7. The molecule has 0 saturated carbocycles. The molecular weight excluding hydrogens is 434 g/mol. The van der Waals surface area contributed by atoms with Crippen molar-refractivity contribution in [2.75, 3.05) is 20.3 Å². The van der Waals surface area contributed by atoms with Crippen molar-refractivity contribution in [3.63, 3.8) is 0 Å². The number of benzene rings is 1. The largest absolute Gasteiger partial charge is 0.465 e. The Morgan fingerprint density at radius 3 is 2.15 bits per heavy atom. The van der Waals surface area contributed by atoms with Crippen molar-refractivity contribution < 1.29 is 33.4 Å². The number of carbonyl (C=O) groups excluding carboxylic acids is 4. The summed E-state index contributed by atoms with van der Waals surface area (Å²) in [5, 5.41) is 10.4. The Kier molecular flexibility index (Phi) is 8.78. The van der Waals surface area contributed by atoms with E-state index in [1.807, 2.05) is 0 Å². The summed E-state index contributed by atoms with van der Waals surface area (Å²) in [6.45, 7) is 4.32. The summed E-state index contributed by atoms with van der Waals surface area (Å²) in [4.78, 5) is 55.6. The van der Waals surface area contributed by atoms with Gasteiger partial charge < -0.3 is 24.5 Å². The van der Waals surface area contributed by atoms with Gasteiger partial charge in [-0.2, -0.15) is 0 Å². The van der Waals surface area contributed by atoms with E-state index in [9.17, 15) is 19.2 Å². The van der Waals surface area contributed by atoms with Crippen LogP contribution in [-0.2, 0) is 35.0 Å². The number of carbonyl (C=O) groups is 4. The molecule has 1 amide bonds. The average molecular weight is 459 g/mol. The number of ether oxygens (including phenoxy) is 3. The Balaban J connectivity index is 2.26. The lowest BCUT2D eigenvalue weighted by molar-refractivity contribution is -0.168. The van der Waals surface area contributed by atoms with Gasteiger partial charge in [0.1, 0.15) is 0 Å². The molecule has 2 N–H and O–H groups in total. The van der Waals surface area contributed by atoms with Gasteiger partial charge >= 0.3 is 17.9 Å². The zero-order chi connectivity index (χ0) is 24.4. The van der Waals surface area contributed by atoms with Crippen molar-refractivity contribution >= 4 is 35.5 Å². The fraction of sp³-hybridized carbons (Fsp3) is 0.381. The number of azo groups is 1. The fourth-order valence-corrected chi connectivity index (χ4v) is 2.84. The molecule has 176 valence electrons.